The lowest BCUT2D eigenvalue weighted by Gasteiger charge is -2.10. The van der Waals surface area contributed by atoms with Crippen molar-refractivity contribution in [2.24, 2.45) is 0 Å². The van der Waals surface area contributed by atoms with Crippen LogP contribution in [0.3, 0.4) is 0 Å². The highest BCUT2D eigenvalue weighted by Gasteiger charge is 2.15. The van der Waals surface area contributed by atoms with Crippen LogP contribution in [0.2, 0.25) is 0 Å². The van der Waals surface area contributed by atoms with Crippen LogP contribution in [0.1, 0.15) is 12.0 Å². The lowest BCUT2D eigenvalue weighted by atomic mass is 10.2. The van der Waals surface area contributed by atoms with Gasteiger partial charge in [-0.15, -0.1) is 0 Å². The van der Waals surface area contributed by atoms with Crippen LogP contribution in [0.4, 0.5) is 4.39 Å². The third-order valence-corrected chi connectivity index (χ3v) is 4.20. The summed E-state index contributed by atoms with van der Waals surface area (Å²) in [4.78, 5) is 21.0. The highest BCUT2D eigenvalue weighted by atomic mass is 79.9. The highest BCUT2D eigenvalue weighted by molar-refractivity contribution is 9.10. The molecule has 1 aromatic carbocycles. The Balaban J connectivity index is 2.39. The van der Waals surface area contributed by atoms with E-state index >= 15 is 0 Å². The van der Waals surface area contributed by atoms with E-state index in [1.165, 1.54) is 23.9 Å². The normalized spacial score (nSPS) is 11.9. The summed E-state index contributed by atoms with van der Waals surface area (Å²) in [5, 5.41) is 11.1. The molecule has 0 spiro atoms. The largest absolute Gasteiger partial charge is 0.480 e. The average Bonchev–Trinajstić information content (AvgIpc) is 2.36. The van der Waals surface area contributed by atoms with E-state index in [9.17, 15) is 14.0 Å². The molecule has 104 valence electrons. The van der Waals surface area contributed by atoms with Crippen LogP contribution in [-0.2, 0) is 15.3 Å². The molecular formula is C12H13BrFNO3S. The Labute approximate surface area is 122 Å². The molecule has 0 aromatic heterocycles. The van der Waals surface area contributed by atoms with Gasteiger partial charge in [0, 0.05) is 10.2 Å². The number of carbonyl (C=O) groups excluding carboxylic acids is 1. The number of nitrogens with one attached hydrogen (secondary N) is 1. The maximum absolute atomic E-state index is 13.0. The Morgan fingerprint density at radius 2 is 2.32 bits per heavy atom. The number of aliphatic carboxylic acids is 1. The van der Waals surface area contributed by atoms with Gasteiger partial charge in [0.2, 0.25) is 6.41 Å². The van der Waals surface area contributed by atoms with Gasteiger partial charge < -0.3 is 10.4 Å². The summed E-state index contributed by atoms with van der Waals surface area (Å²) >= 11 is 4.81. The molecule has 0 fully saturated rings. The monoisotopic (exact) mass is 349 g/mol. The van der Waals surface area contributed by atoms with Crippen molar-refractivity contribution in [3.63, 3.8) is 0 Å². The first-order valence-corrected chi connectivity index (χ1v) is 7.43. The number of benzene rings is 1. The quantitative estimate of drug-likeness (QED) is 0.558. The minimum Gasteiger partial charge on any atom is -0.480 e. The number of carboxylic acid groups (broad SMARTS) is 1. The molecule has 0 heterocycles. The molecule has 4 nitrogen and oxygen atoms in total. The summed E-state index contributed by atoms with van der Waals surface area (Å²) in [5.74, 6) is -0.225. The number of rotatable bonds is 8. The number of thioether (sulfide) groups is 1. The molecular weight excluding hydrogens is 337 g/mol. The van der Waals surface area contributed by atoms with Crippen molar-refractivity contribution in [1.29, 1.82) is 0 Å². The summed E-state index contributed by atoms with van der Waals surface area (Å²) in [6.07, 6.45) is 0.707. The zero-order chi connectivity index (χ0) is 14.3. The van der Waals surface area contributed by atoms with Crippen LogP contribution in [0.25, 0.3) is 0 Å². The molecule has 7 heteroatoms. The maximum atomic E-state index is 13.0. The van der Waals surface area contributed by atoms with Gasteiger partial charge in [0.05, 0.1) is 0 Å². The maximum Gasteiger partial charge on any atom is 0.326 e. The van der Waals surface area contributed by atoms with E-state index in [1.807, 2.05) is 0 Å². The second-order valence-corrected chi connectivity index (χ2v) is 5.71. The molecule has 1 rings (SSSR count). The number of amides is 1. The van der Waals surface area contributed by atoms with Gasteiger partial charge in [-0.2, -0.15) is 11.8 Å². The van der Waals surface area contributed by atoms with Gasteiger partial charge >= 0.3 is 5.97 Å². The molecule has 0 aliphatic carbocycles. The van der Waals surface area contributed by atoms with Crippen LogP contribution >= 0.6 is 27.7 Å². The van der Waals surface area contributed by atoms with E-state index in [1.54, 1.807) is 6.07 Å². The van der Waals surface area contributed by atoms with E-state index in [0.29, 0.717) is 24.3 Å². The molecule has 0 bridgehead atoms. The summed E-state index contributed by atoms with van der Waals surface area (Å²) in [6.45, 7) is 0. The van der Waals surface area contributed by atoms with E-state index < -0.39 is 12.0 Å². The molecule has 0 saturated carbocycles. The lowest BCUT2D eigenvalue weighted by Crippen LogP contribution is -2.36. The Morgan fingerprint density at radius 1 is 1.58 bits per heavy atom. The van der Waals surface area contributed by atoms with E-state index in [2.05, 4.69) is 21.2 Å². The molecule has 1 atom stereocenters. The Hall–Kier alpha value is -1.08. The van der Waals surface area contributed by atoms with Gasteiger partial charge in [0.25, 0.3) is 0 Å². The molecule has 1 amide bonds. The van der Waals surface area contributed by atoms with Gasteiger partial charge in [-0.1, -0.05) is 15.9 Å². The highest BCUT2D eigenvalue weighted by Crippen LogP contribution is 2.23. The van der Waals surface area contributed by atoms with E-state index in [-0.39, 0.29) is 5.82 Å². The molecule has 0 aliphatic rings. The van der Waals surface area contributed by atoms with Gasteiger partial charge in [0.15, 0.2) is 0 Å². The molecule has 19 heavy (non-hydrogen) atoms. The summed E-state index contributed by atoms with van der Waals surface area (Å²) in [7, 11) is 0. The summed E-state index contributed by atoms with van der Waals surface area (Å²) in [5.41, 5.74) is 0.820. The number of halogens is 2. The second kappa shape index (κ2) is 8.16. The van der Waals surface area contributed by atoms with Gasteiger partial charge in [-0.3, -0.25) is 4.79 Å². The fourth-order valence-corrected chi connectivity index (χ4v) is 2.98. The fraction of sp³-hybridized carbons (Fsp3) is 0.333. The zero-order valence-electron chi connectivity index (χ0n) is 9.94. The number of carboxylic acids is 1. The molecule has 2 N–H and O–H groups in total. The minimum atomic E-state index is -1.06. The van der Waals surface area contributed by atoms with Gasteiger partial charge in [0.1, 0.15) is 11.9 Å². The van der Waals surface area contributed by atoms with Crippen molar-refractivity contribution >= 4 is 40.1 Å². The number of carbonyl (C=O) groups is 2. The van der Waals surface area contributed by atoms with Crippen molar-refractivity contribution in [2.75, 3.05) is 5.75 Å². The smallest absolute Gasteiger partial charge is 0.326 e. The Kier molecular flexibility index (Phi) is 6.86. The number of hydrogen-bond donors (Lipinski definition) is 2. The topological polar surface area (TPSA) is 66.4 Å². The molecule has 0 saturated heterocycles. The van der Waals surface area contributed by atoms with Crippen LogP contribution in [0, 0.1) is 5.82 Å². The Bertz CT molecular complexity index is 459. The third-order valence-electron chi connectivity index (χ3n) is 2.38. The fourth-order valence-electron chi connectivity index (χ4n) is 1.40. The van der Waals surface area contributed by atoms with Crippen LogP contribution in [0.15, 0.2) is 22.7 Å². The predicted molar refractivity (Wildman–Crippen MR) is 75.5 cm³/mol. The van der Waals surface area contributed by atoms with Crippen molar-refractivity contribution in [3.05, 3.63) is 34.1 Å². The second-order valence-electron chi connectivity index (χ2n) is 3.75. The number of hydrogen-bond acceptors (Lipinski definition) is 3. The standard InChI is InChI=1S/C12H13BrFNO3S/c13-10-2-1-9(14)5-8(10)6-19-4-3-11(12(17)18)15-7-16/h1-2,5,7,11H,3-4,6H2,(H,15,16)(H,17,18). The van der Waals surface area contributed by atoms with Crippen LogP contribution < -0.4 is 5.32 Å². The van der Waals surface area contributed by atoms with Gasteiger partial charge in [-0.05, 0) is 35.9 Å². The average molecular weight is 350 g/mol. The zero-order valence-corrected chi connectivity index (χ0v) is 12.3. The molecule has 1 aromatic rings. The molecule has 0 aliphatic heterocycles. The van der Waals surface area contributed by atoms with Crippen LogP contribution in [0.5, 0.6) is 0 Å². The van der Waals surface area contributed by atoms with Crippen LogP contribution in [-0.4, -0.2) is 29.3 Å². The van der Waals surface area contributed by atoms with Crippen molar-refractivity contribution in [3.8, 4) is 0 Å². The molecule has 0 radical (unpaired) electrons. The van der Waals surface area contributed by atoms with Crippen molar-refractivity contribution < 1.29 is 19.1 Å². The SMILES string of the molecule is O=CNC(CCSCc1cc(F)ccc1Br)C(=O)O. The molecule has 1 unspecified atom stereocenters. The van der Waals surface area contributed by atoms with E-state index in [4.69, 9.17) is 5.11 Å². The third kappa shape index (κ3) is 5.61. The minimum absolute atomic E-state index is 0.301. The Morgan fingerprint density at radius 3 is 2.95 bits per heavy atom. The van der Waals surface area contributed by atoms with Gasteiger partial charge in [-0.25, -0.2) is 9.18 Å². The summed E-state index contributed by atoms with van der Waals surface area (Å²) < 4.78 is 13.9. The summed E-state index contributed by atoms with van der Waals surface area (Å²) in [6, 6.07) is 3.57. The first-order valence-electron chi connectivity index (χ1n) is 5.48. The predicted octanol–water partition coefficient (Wildman–Crippen LogP) is 2.41. The van der Waals surface area contributed by atoms with E-state index in [0.717, 1.165) is 10.0 Å². The first kappa shape index (κ1) is 16.0. The first-order chi connectivity index (χ1) is 9.04. The van der Waals surface area contributed by atoms with Crippen molar-refractivity contribution in [1.82, 2.24) is 5.32 Å². The van der Waals surface area contributed by atoms with Crippen molar-refractivity contribution in [2.45, 2.75) is 18.2 Å². The lowest BCUT2D eigenvalue weighted by molar-refractivity contribution is -0.140.